The third-order valence-electron chi connectivity index (χ3n) is 5.08. The molecule has 34 heavy (non-hydrogen) atoms. The highest BCUT2D eigenvalue weighted by atomic mass is 16.6. The number of ether oxygens (including phenoxy) is 2. The Labute approximate surface area is 193 Å². The third kappa shape index (κ3) is 4.98. The molecule has 0 heterocycles. The molecule has 1 fully saturated rings. The van der Waals surface area contributed by atoms with Crippen LogP contribution in [0, 0.1) is 20.2 Å². The zero-order chi connectivity index (χ0) is 25.0. The summed E-state index contributed by atoms with van der Waals surface area (Å²) in [6, 6.07) is 5.12. The number of carbonyl (C=O) groups is 1. The summed E-state index contributed by atoms with van der Waals surface area (Å²) in [5, 5.41) is 42.6. The number of Topliss-reactive ketones (excluding diaryl/α,β-unsaturated/α-hetero) is 1. The van der Waals surface area contributed by atoms with Gasteiger partial charge < -0.3 is 19.7 Å². The van der Waals surface area contributed by atoms with Crippen molar-refractivity contribution in [2.45, 2.75) is 26.7 Å². The molecular weight excluding hydrogens is 448 g/mol. The Kier molecular flexibility index (Phi) is 7.15. The Morgan fingerprint density at radius 2 is 1.21 bits per heavy atom. The first-order chi connectivity index (χ1) is 16.2. The first-order valence-corrected chi connectivity index (χ1v) is 10.4. The number of hydrogen-bond acceptors (Lipinski definition) is 9. The molecule has 2 N–H and O–H groups in total. The van der Waals surface area contributed by atoms with E-state index in [1.807, 2.05) is 0 Å². The molecule has 1 aliphatic rings. The van der Waals surface area contributed by atoms with Crippen LogP contribution in [0.5, 0.6) is 23.0 Å². The molecule has 0 amide bonds. The van der Waals surface area contributed by atoms with E-state index in [1.165, 1.54) is 24.3 Å². The fourth-order valence-corrected chi connectivity index (χ4v) is 3.58. The van der Waals surface area contributed by atoms with Crippen molar-refractivity contribution in [2.75, 3.05) is 13.2 Å². The first-order valence-electron chi connectivity index (χ1n) is 10.4. The Bertz CT molecular complexity index is 1140. The van der Waals surface area contributed by atoms with E-state index in [9.17, 15) is 35.2 Å². The van der Waals surface area contributed by atoms with E-state index in [4.69, 9.17) is 9.47 Å². The van der Waals surface area contributed by atoms with Gasteiger partial charge in [0.25, 0.3) is 0 Å². The SMILES string of the molecule is CCOc1cc(C=C2CCC(=Cc3cc(OCC)c(O)c([N+](=O)[O-])c3)C2=O)cc([N+](=O)[O-])c1O. The van der Waals surface area contributed by atoms with Gasteiger partial charge in [0.1, 0.15) is 0 Å². The minimum Gasteiger partial charge on any atom is -0.500 e. The lowest BCUT2D eigenvalue weighted by atomic mass is 10.0. The van der Waals surface area contributed by atoms with E-state index in [0.717, 1.165) is 12.1 Å². The van der Waals surface area contributed by atoms with Gasteiger partial charge in [0.15, 0.2) is 17.3 Å². The summed E-state index contributed by atoms with van der Waals surface area (Å²) in [7, 11) is 0. The standard InChI is InChI=1S/C23H22N2O9/c1-3-33-19-11-13(9-17(22(19)27)24(29)30)7-15-5-6-16(21(15)26)8-14-10-18(25(31)32)23(28)20(12-14)34-4-2/h7-12,27-28H,3-6H2,1-2H3. The fraction of sp³-hybridized carbons (Fsp3) is 0.261. The summed E-state index contributed by atoms with van der Waals surface area (Å²) >= 11 is 0. The van der Waals surface area contributed by atoms with Gasteiger partial charge in [-0.25, -0.2) is 0 Å². The van der Waals surface area contributed by atoms with E-state index in [-0.39, 0.29) is 30.5 Å². The fourth-order valence-electron chi connectivity index (χ4n) is 3.58. The van der Waals surface area contributed by atoms with Crippen molar-refractivity contribution in [3.63, 3.8) is 0 Å². The number of rotatable bonds is 8. The maximum Gasteiger partial charge on any atom is 0.315 e. The lowest BCUT2D eigenvalue weighted by Crippen LogP contribution is -1.99. The second-order valence-corrected chi connectivity index (χ2v) is 7.32. The van der Waals surface area contributed by atoms with Crippen molar-refractivity contribution >= 4 is 29.3 Å². The molecule has 178 valence electrons. The van der Waals surface area contributed by atoms with Crippen molar-refractivity contribution in [1.29, 1.82) is 0 Å². The van der Waals surface area contributed by atoms with Crippen LogP contribution >= 0.6 is 0 Å². The number of nitro benzene ring substituents is 2. The Balaban J connectivity index is 1.98. The topological polar surface area (TPSA) is 162 Å². The van der Waals surface area contributed by atoms with Gasteiger partial charge in [0.2, 0.25) is 11.5 Å². The Morgan fingerprint density at radius 3 is 1.53 bits per heavy atom. The highest BCUT2D eigenvalue weighted by Crippen LogP contribution is 2.40. The van der Waals surface area contributed by atoms with Crippen LogP contribution in [0.4, 0.5) is 11.4 Å². The molecule has 0 radical (unpaired) electrons. The minimum atomic E-state index is -0.741. The van der Waals surface area contributed by atoms with Crippen molar-refractivity contribution < 1.29 is 34.3 Å². The minimum absolute atomic E-state index is 0.0652. The predicted octanol–water partition coefficient (Wildman–Crippen LogP) is 4.54. The maximum atomic E-state index is 12.9. The number of phenols is 2. The monoisotopic (exact) mass is 470 g/mol. The van der Waals surface area contributed by atoms with Crippen LogP contribution in [0.3, 0.4) is 0 Å². The largest absolute Gasteiger partial charge is 0.500 e. The molecular formula is C23H22N2O9. The molecule has 2 aromatic rings. The number of nitro groups is 2. The van der Waals surface area contributed by atoms with Crippen molar-refractivity contribution in [3.8, 4) is 23.0 Å². The van der Waals surface area contributed by atoms with Crippen molar-refractivity contribution in [1.82, 2.24) is 0 Å². The molecule has 11 nitrogen and oxygen atoms in total. The summed E-state index contributed by atoms with van der Waals surface area (Å²) in [5.41, 5.74) is 0.310. The van der Waals surface area contributed by atoms with Crippen LogP contribution in [0.1, 0.15) is 37.8 Å². The van der Waals surface area contributed by atoms with Crippen molar-refractivity contribution in [2.24, 2.45) is 0 Å². The number of carbonyl (C=O) groups excluding carboxylic acids is 1. The van der Waals surface area contributed by atoms with Crippen LogP contribution in [0.2, 0.25) is 0 Å². The van der Waals surface area contributed by atoms with E-state index in [1.54, 1.807) is 13.8 Å². The average Bonchev–Trinajstić information content (AvgIpc) is 3.11. The summed E-state index contributed by atoms with van der Waals surface area (Å²) in [4.78, 5) is 34.0. The third-order valence-corrected chi connectivity index (χ3v) is 5.08. The smallest absolute Gasteiger partial charge is 0.315 e. The van der Waals surface area contributed by atoms with E-state index < -0.39 is 32.7 Å². The van der Waals surface area contributed by atoms with E-state index >= 15 is 0 Å². The molecule has 0 aromatic heterocycles. The van der Waals surface area contributed by atoms with Gasteiger partial charge in [-0.1, -0.05) is 0 Å². The molecule has 3 rings (SSSR count). The van der Waals surface area contributed by atoms with Gasteiger partial charge in [-0.15, -0.1) is 0 Å². The number of ketones is 1. The van der Waals surface area contributed by atoms with E-state index in [0.29, 0.717) is 35.1 Å². The zero-order valence-electron chi connectivity index (χ0n) is 18.4. The lowest BCUT2D eigenvalue weighted by Gasteiger charge is -2.08. The second-order valence-electron chi connectivity index (χ2n) is 7.32. The molecule has 2 aromatic carbocycles. The lowest BCUT2D eigenvalue weighted by molar-refractivity contribution is -0.386. The molecule has 1 aliphatic carbocycles. The van der Waals surface area contributed by atoms with Gasteiger partial charge in [0, 0.05) is 23.3 Å². The average molecular weight is 470 g/mol. The molecule has 0 saturated heterocycles. The Morgan fingerprint density at radius 1 is 0.824 bits per heavy atom. The van der Waals surface area contributed by atoms with Crippen LogP contribution < -0.4 is 9.47 Å². The molecule has 0 spiro atoms. The summed E-state index contributed by atoms with van der Waals surface area (Å²) < 4.78 is 10.5. The number of benzene rings is 2. The molecule has 0 atom stereocenters. The normalized spacial score (nSPS) is 15.6. The predicted molar refractivity (Wildman–Crippen MR) is 122 cm³/mol. The maximum absolute atomic E-state index is 12.9. The number of allylic oxidation sites excluding steroid dienone is 2. The Hall–Kier alpha value is -4.41. The quantitative estimate of drug-likeness (QED) is 0.320. The number of aromatic hydroxyl groups is 2. The summed E-state index contributed by atoms with van der Waals surface area (Å²) in [5.74, 6) is -1.63. The van der Waals surface area contributed by atoms with Gasteiger partial charge in [-0.3, -0.25) is 25.0 Å². The second kappa shape index (κ2) is 10.0. The van der Waals surface area contributed by atoms with Crippen molar-refractivity contribution in [3.05, 3.63) is 66.8 Å². The van der Waals surface area contributed by atoms with Gasteiger partial charge in [-0.2, -0.15) is 0 Å². The first kappa shape index (κ1) is 24.2. The number of nitrogens with zero attached hydrogens (tertiary/aromatic N) is 2. The molecule has 0 unspecified atom stereocenters. The van der Waals surface area contributed by atoms with E-state index in [2.05, 4.69) is 0 Å². The molecule has 1 saturated carbocycles. The number of hydrogen-bond donors (Lipinski definition) is 2. The molecule has 0 aliphatic heterocycles. The van der Waals surface area contributed by atoms with Crippen LogP contribution in [0.25, 0.3) is 12.2 Å². The van der Waals surface area contributed by atoms with Crippen LogP contribution in [0.15, 0.2) is 35.4 Å². The molecule has 11 heteroatoms. The highest BCUT2D eigenvalue weighted by Gasteiger charge is 2.26. The van der Waals surface area contributed by atoms with Crippen LogP contribution in [-0.4, -0.2) is 39.1 Å². The number of phenolic OH excluding ortho intramolecular Hbond substituents is 2. The van der Waals surface area contributed by atoms with Crippen LogP contribution in [-0.2, 0) is 4.79 Å². The summed E-state index contributed by atoms with van der Waals surface area (Å²) in [6.07, 6.45) is 3.68. The van der Waals surface area contributed by atoms with Gasteiger partial charge in [-0.05, 0) is 62.1 Å². The molecule has 0 bridgehead atoms. The van der Waals surface area contributed by atoms with Gasteiger partial charge >= 0.3 is 11.4 Å². The zero-order valence-corrected chi connectivity index (χ0v) is 18.4. The van der Waals surface area contributed by atoms with Gasteiger partial charge in [0.05, 0.1) is 23.1 Å². The summed E-state index contributed by atoms with van der Waals surface area (Å²) in [6.45, 7) is 3.69. The highest BCUT2D eigenvalue weighted by molar-refractivity contribution is 6.15.